The van der Waals surface area contributed by atoms with Gasteiger partial charge in [-0.25, -0.2) is 13.1 Å². The van der Waals surface area contributed by atoms with Gasteiger partial charge in [0.1, 0.15) is 0 Å². The summed E-state index contributed by atoms with van der Waals surface area (Å²) in [5, 5.41) is 0. The molecule has 1 fully saturated rings. The van der Waals surface area contributed by atoms with Crippen molar-refractivity contribution in [2.45, 2.75) is 31.7 Å². The van der Waals surface area contributed by atoms with Crippen LogP contribution in [0.4, 0.5) is 0 Å². The zero-order chi connectivity index (χ0) is 17.0. The van der Waals surface area contributed by atoms with E-state index >= 15 is 0 Å². The van der Waals surface area contributed by atoms with Gasteiger partial charge in [-0.05, 0) is 44.7 Å². The number of nitrogens with one attached hydrogen (secondary N) is 1. The molecule has 7 heteroatoms. The number of rotatable bonds is 5. The Morgan fingerprint density at radius 3 is 2.17 bits per heavy atom. The lowest BCUT2D eigenvalue weighted by Gasteiger charge is -2.34. The highest BCUT2D eigenvalue weighted by Gasteiger charge is 2.22. The van der Waals surface area contributed by atoms with Crippen molar-refractivity contribution < 1.29 is 13.2 Å². The molecule has 0 atom stereocenters. The van der Waals surface area contributed by atoms with Crippen LogP contribution >= 0.6 is 0 Å². The molecule has 1 N–H and O–H groups in total. The molecule has 1 amide bonds. The highest BCUT2D eigenvalue weighted by Crippen LogP contribution is 2.14. The molecule has 1 aromatic carbocycles. The first-order chi connectivity index (χ1) is 10.8. The molecule has 1 aromatic rings. The maximum Gasteiger partial charge on any atom is 0.253 e. The quantitative estimate of drug-likeness (QED) is 0.874. The van der Waals surface area contributed by atoms with E-state index in [-0.39, 0.29) is 16.8 Å². The zero-order valence-electron chi connectivity index (χ0n) is 13.9. The topological polar surface area (TPSA) is 69.7 Å². The van der Waals surface area contributed by atoms with Crippen LogP contribution < -0.4 is 4.72 Å². The molecule has 0 spiro atoms. The normalized spacial score (nSPS) is 16.8. The van der Waals surface area contributed by atoms with Gasteiger partial charge in [-0.1, -0.05) is 6.92 Å². The van der Waals surface area contributed by atoms with E-state index in [0.29, 0.717) is 18.7 Å². The van der Waals surface area contributed by atoms with E-state index in [0.717, 1.165) is 19.6 Å². The fraction of sp³-hybridized carbons (Fsp3) is 0.562. The molecule has 0 bridgehead atoms. The van der Waals surface area contributed by atoms with Crippen LogP contribution in [0.3, 0.4) is 0 Å². The summed E-state index contributed by atoms with van der Waals surface area (Å²) in [6.07, 6.45) is 0. The van der Waals surface area contributed by atoms with E-state index in [2.05, 4.69) is 16.5 Å². The smallest absolute Gasteiger partial charge is 0.253 e. The fourth-order valence-electron chi connectivity index (χ4n) is 2.60. The summed E-state index contributed by atoms with van der Waals surface area (Å²) in [6.45, 7) is 9.83. The molecule has 6 nitrogen and oxygen atoms in total. The molecule has 128 valence electrons. The Bertz CT molecular complexity index is 633. The third kappa shape index (κ3) is 4.53. The predicted molar refractivity (Wildman–Crippen MR) is 89.9 cm³/mol. The first kappa shape index (κ1) is 17.9. The molecule has 1 aliphatic heterocycles. The van der Waals surface area contributed by atoms with E-state index in [4.69, 9.17) is 0 Å². The van der Waals surface area contributed by atoms with Gasteiger partial charge < -0.3 is 9.80 Å². The summed E-state index contributed by atoms with van der Waals surface area (Å²) in [5.74, 6) is -0.0403. The minimum Gasteiger partial charge on any atom is -0.336 e. The second kappa shape index (κ2) is 7.42. The number of benzene rings is 1. The fourth-order valence-corrected chi connectivity index (χ4v) is 3.86. The van der Waals surface area contributed by atoms with Gasteiger partial charge in [0, 0.05) is 37.8 Å². The van der Waals surface area contributed by atoms with Gasteiger partial charge in [0.2, 0.25) is 10.0 Å². The number of carbonyl (C=O) groups is 1. The molecule has 1 aliphatic rings. The van der Waals surface area contributed by atoms with E-state index in [1.165, 1.54) is 12.1 Å². The van der Waals surface area contributed by atoms with Gasteiger partial charge in [0.25, 0.3) is 5.91 Å². The van der Waals surface area contributed by atoms with E-state index < -0.39 is 10.0 Å². The van der Waals surface area contributed by atoms with Crippen LogP contribution in [0.2, 0.25) is 0 Å². The van der Waals surface area contributed by atoms with Gasteiger partial charge in [-0.2, -0.15) is 0 Å². The van der Waals surface area contributed by atoms with Crippen LogP contribution in [0.5, 0.6) is 0 Å². The first-order valence-corrected chi connectivity index (χ1v) is 9.46. The van der Waals surface area contributed by atoms with Crippen LogP contribution in [-0.2, 0) is 10.0 Å². The number of amides is 1. The summed E-state index contributed by atoms with van der Waals surface area (Å²) in [6, 6.07) is 5.98. The number of carbonyl (C=O) groups excluding carboxylic acids is 1. The second-order valence-corrected chi connectivity index (χ2v) is 7.74. The third-order valence-electron chi connectivity index (χ3n) is 3.91. The number of piperazine rings is 1. The summed E-state index contributed by atoms with van der Waals surface area (Å²) >= 11 is 0. The molecule has 0 saturated carbocycles. The van der Waals surface area contributed by atoms with Crippen LogP contribution in [-0.4, -0.2) is 62.9 Å². The van der Waals surface area contributed by atoms with Crippen molar-refractivity contribution >= 4 is 15.9 Å². The van der Waals surface area contributed by atoms with Crippen LogP contribution in [0.15, 0.2) is 29.2 Å². The Hall–Kier alpha value is -1.44. The van der Waals surface area contributed by atoms with Crippen molar-refractivity contribution in [3.63, 3.8) is 0 Å². The second-order valence-electron chi connectivity index (χ2n) is 6.03. The molecule has 1 heterocycles. The Balaban J connectivity index is 2.06. The van der Waals surface area contributed by atoms with Crippen molar-refractivity contribution in [1.82, 2.24) is 14.5 Å². The van der Waals surface area contributed by atoms with Crippen LogP contribution in [0.1, 0.15) is 31.1 Å². The number of hydrogen-bond donors (Lipinski definition) is 1. The van der Waals surface area contributed by atoms with Gasteiger partial charge in [0.15, 0.2) is 0 Å². The Morgan fingerprint density at radius 1 is 1.13 bits per heavy atom. The number of hydrogen-bond acceptors (Lipinski definition) is 4. The van der Waals surface area contributed by atoms with Crippen LogP contribution in [0, 0.1) is 0 Å². The van der Waals surface area contributed by atoms with Crippen molar-refractivity contribution in [2.75, 3.05) is 32.7 Å². The molecular formula is C16H25N3O3S. The monoisotopic (exact) mass is 339 g/mol. The summed E-state index contributed by atoms with van der Waals surface area (Å²) in [7, 11) is -3.52. The molecule has 1 saturated heterocycles. The van der Waals surface area contributed by atoms with E-state index in [1.807, 2.05) is 4.90 Å². The maximum absolute atomic E-state index is 12.5. The highest BCUT2D eigenvalue weighted by atomic mass is 32.2. The summed E-state index contributed by atoms with van der Waals surface area (Å²) in [4.78, 5) is 16.8. The van der Waals surface area contributed by atoms with E-state index in [1.54, 1.807) is 26.0 Å². The number of likely N-dealkylation sites (N-methyl/N-ethyl adjacent to an activating group) is 1. The molecule has 0 radical (unpaired) electrons. The molecule has 2 rings (SSSR count). The average molecular weight is 339 g/mol. The molecule has 0 unspecified atom stereocenters. The Morgan fingerprint density at radius 2 is 1.70 bits per heavy atom. The molecule has 23 heavy (non-hydrogen) atoms. The number of nitrogens with zero attached hydrogens (tertiary/aromatic N) is 2. The van der Waals surface area contributed by atoms with Gasteiger partial charge in [-0.15, -0.1) is 0 Å². The molecular weight excluding hydrogens is 314 g/mol. The summed E-state index contributed by atoms with van der Waals surface area (Å²) < 4.78 is 26.7. The lowest BCUT2D eigenvalue weighted by atomic mass is 10.2. The lowest BCUT2D eigenvalue weighted by Crippen LogP contribution is -2.48. The predicted octanol–water partition coefficient (Wildman–Crippen LogP) is 1.15. The molecule has 0 aliphatic carbocycles. The minimum atomic E-state index is -3.52. The molecule has 0 aromatic heterocycles. The van der Waals surface area contributed by atoms with Crippen molar-refractivity contribution in [2.24, 2.45) is 0 Å². The number of sulfonamides is 1. The van der Waals surface area contributed by atoms with Gasteiger partial charge >= 0.3 is 0 Å². The highest BCUT2D eigenvalue weighted by molar-refractivity contribution is 7.89. The van der Waals surface area contributed by atoms with Crippen molar-refractivity contribution in [3.05, 3.63) is 29.8 Å². The van der Waals surface area contributed by atoms with Crippen LogP contribution in [0.25, 0.3) is 0 Å². The van der Waals surface area contributed by atoms with Gasteiger partial charge in [0.05, 0.1) is 4.90 Å². The third-order valence-corrected chi connectivity index (χ3v) is 5.58. The van der Waals surface area contributed by atoms with Crippen molar-refractivity contribution in [1.29, 1.82) is 0 Å². The van der Waals surface area contributed by atoms with E-state index in [9.17, 15) is 13.2 Å². The lowest BCUT2D eigenvalue weighted by molar-refractivity contribution is 0.0643. The van der Waals surface area contributed by atoms with Crippen molar-refractivity contribution in [3.8, 4) is 0 Å². The largest absolute Gasteiger partial charge is 0.336 e. The summed E-state index contributed by atoms with van der Waals surface area (Å²) in [5.41, 5.74) is 0.526. The first-order valence-electron chi connectivity index (χ1n) is 7.97. The Kier molecular flexibility index (Phi) is 5.78. The average Bonchev–Trinajstić information content (AvgIpc) is 2.53. The SMILES string of the molecule is CCN1CCN(C(=O)c2ccc(S(=O)(=O)NC(C)C)cc2)CC1. The maximum atomic E-state index is 12.5. The Labute approximate surface area is 138 Å². The standard InChI is InChI=1S/C16H25N3O3S/c1-4-18-9-11-19(12-10-18)16(20)14-5-7-15(8-6-14)23(21,22)17-13(2)3/h5-8,13,17H,4,9-12H2,1-3H3. The zero-order valence-corrected chi connectivity index (χ0v) is 14.8. The minimum absolute atomic E-state index is 0.0403. The van der Waals surface area contributed by atoms with Gasteiger partial charge in [-0.3, -0.25) is 4.79 Å².